The molecular formula is C34H31ClN12O19S6. The van der Waals surface area contributed by atoms with Gasteiger partial charge in [-0.2, -0.15) is 63.2 Å². The SMILES string of the molecule is NC(=O)Nc1cc(Nc2nc(Cl)nc(Nc3cc(N)c(S(=O)(=O)O)cc3N=Nc3ccc(SOOCCS(=O)(O)(O)O)cc3)n2)ccc1N=Nc1cc(S(=O)(=O)O)c2cc(S(=O)(=O)O)cc(S(=O)(=O)O)c2c1. The number of amides is 2. The van der Waals surface area contributed by atoms with Crippen LogP contribution in [0.1, 0.15) is 0 Å². The van der Waals surface area contributed by atoms with E-state index < -0.39 is 116 Å². The topological polar surface area (TPSA) is 507 Å². The smallest absolute Gasteiger partial charge is 0.316 e. The molecule has 31 nitrogen and oxygen atoms in total. The Labute approximate surface area is 413 Å². The van der Waals surface area contributed by atoms with Gasteiger partial charge in [-0.3, -0.25) is 31.9 Å². The van der Waals surface area contributed by atoms with E-state index in [0.29, 0.717) is 35.1 Å². The van der Waals surface area contributed by atoms with Crippen LogP contribution in [-0.2, 0) is 59.6 Å². The molecule has 384 valence electrons. The Balaban J connectivity index is 1.27. The average Bonchev–Trinajstić information content (AvgIpc) is 3.23. The molecule has 0 saturated heterocycles. The van der Waals surface area contributed by atoms with Crippen molar-refractivity contribution in [3.05, 3.63) is 84.1 Å². The Kier molecular flexibility index (Phi) is 15.6. The molecule has 1 aromatic heterocycles. The summed E-state index contributed by atoms with van der Waals surface area (Å²) in [6.45, 7) is -0.649. The van der Waals surface area contributed by atoms with Crippen molar-refractivity contribution in [1.82, 2.24) is 15.0 Å². The van der Waals surface area contributed by atoms with Crippen molar-refractivity contribution in [3.8, 4) is 0 Å². The minimum atomic E-state index is -5.78. The van der Waals surface area contributed by atoms with Crippen molar-refractivity contribution >= 4 is 148 Å². The fourth-order valence-electron chi connectivity index (χ4n) is 5.70. The number of benzene rings is 5. The number of nitrogens with zero attached hydrogens (tertiary/aromatic N) is 7. The lowest BCUT2D eigenvalue weighted by molar-refractivity contribution is -0.185. The predicted octanol–water partition coefficient (Wildman–Crippen LogP) is 6.25. The molecule has 0 saturated carbocycles. The number of nitrogen functional groups attached to an aromatic ring is 1. The molecule has 1 heterocycles. The predicted molar refractivity (Wildman–Crippen MR) is 254 cm³/mol. The fourth-order valence-corrected chi connectivity index (χ4v) is 9.32. The minimum Gasteiger partial charge on any atom is -0.398 e. The largest absolute Gasteiger partial charge is 0.398 e. The van der Waals surface area contributed by atoms with Gasteiger partial charge in [-0.1, -0.05) is 0 Å². The summed E-state index contributed by atoms with van der Waals surface area (Å²) in [5.41, 5.74) is 9.84. The summed E-state index contributed by atoms with van der Waals surface area (Å²) < 4.78 is 179. The van der Waals surface area contributed by atoms with Crippen molar-refractivity contribution in [2.75, 3.05) is 34.0 Å². The van der Waals surface area contributed by atoms with Gasteiger partial charge in [-0.25, -0.2) is 13.9 Å². The van der Waals surface area contributed by atoms with Crippen molar-refractivity contribution in [3.63, 3.8) is 0 Å². The summed E-state index contributed by atoms with van der Waals surface area (Å²) in [7, 11) is -26.5. The lowest BCUT2D eigenvalue weighted by Crippen LogP contribution is -2.36. The van der Waals surface area contributed by atoms with E-state index in [1.54, 1.807) is 0 Å². The molecule has 5 aromatic carbocycles. The molecule has 0 aliphatic rings. The lowest BCUT2D eigenvalue weighted by Gasteiger charge is -2.21. The average molecular weight is 1140 g/mol. The van der Waals surface area contributed by atoms with Gasteiger partial charge in [0.05, 0.1) is 57.7 Å². The third-order valence-corrected chi connectivity index (χ3v) is 13.9. The highest BCUT2D eigenvalue weighted by molar-refractivity contribution is 8.05. The van der Waals surface area contributed by atoms with Crippen LogP contribution >= 0.6 is 23.6 Å². The maximum absolute atomic E-state index is 12.4. The molecule has 0 aliphatic heterocycles. The van der Waals surface area contributed by atoms with E-state index in [2.05, 4.69) is 56.2 Å². The van der Waals surface area contributed by atoms with Gasteiger partial charge in [0.25, 0.3) is 40.5 Å². The Morgan fingerprint density at radius 1 is 0.667 bits per heavy atom. The number of anilines is 6. The number of carbonyl (C=O) groups is 1. The molecule has 6 rings (SSSR count). The minimum absolute atomic E-state index is 0.0805. The maximum Gasteiger partial charge on any atom is 0.316 e. The summed E-state index contributed by atoms with van der Waals surface area (Å²) in [4.78, 5) is 25.0. The number of halogens is 1. The molecule has 0 aliphatic carbocycles. The first kappa shape index (κ1) is 54.8. The third-order valence-electron chi connectivity index (χ3n) is 8.66. The maximum atomic E-state index is 12.4. The second kappa shape index (κ2) is 20.5. The number of carbonyl (C=O) groups excluding carboxylic acids is 1. The summed E-state index contributed by atoms with van der Waals surface area (Å²) in [6.07, 6.45) is 0. The first-order valence-electron chi connectivity index (χ1n) is 18.6. The van der Waals surface area contributed by atoms with Crippen molar-refractivity contribution in [1.29, 1.82) is 0 Å². The summed E-state index contributed by atoms with van der Waals surface area (Å²) in [6, 6.07) is 12.6. The summed E-state index contributed by atoms with van der Waals surface area (Å²) >= 11 is 6.85. The Hall–Kier alpha value is -6.53. The number of hydrogen-bond donors (Lipinski definition) is 12. The molecule has 0 unspecified atom stereocenters. The molecule has 0 spiro atoms. The van der Waals surface area contributed by atoms with Crippen LogP contribution in [0.3, 0.4) is 0 Å². The number of azo groups is 2. The molecule has 2 amide bonds. The zero-order valence-corrected chi connectivity index (χ0v) is 40.7. The normalized spacial score (nSPS) is 13.3. The van der Waals surface area contributed by atoms with E-state index in [9.17, 15) is 60.9 Å². The van der Waals surface area contributed by atoms with E-state index in [1.807, 2.05) is 0 Å². The zero-order chi connectivity index (χ0) is 53.2. The number of aromatic nitrogens is 3. The van der Waals surface area contributed by atoms with Gasteiger partial charge in [-0.05, 0) is 90.5 Å². The van der Waals surface area contributed by atoms with Gasteiger partial charge in [0.15, 0.2) is 9.91 Å². The number of fused-ring (bicyclic) bond motifs is 1. The molecule has 72 heavy (non-hydrogen) atoms. The Morgan fingerprint density at radius 2 is 1.25 bits per heavy atom. The van der Waals surface area contributed by atoms with Crippen LogP contribution in [0.5, 0.6) is 0 Å². The molecule has 14 N–H and O–H groups in total. The van der Waals surface area contributed by atoms with Gasteiger partial charge >= 0.3 is 6.03 Å². The van der Waals surface area contributed by atoms with E-state index in [4.69, 9.17) is 41.1 Å². The monoisotopic (exact) mass is 1140 g/mol. The second-order valence-corrected chi connectivity index (χ2v) is 23.1. The lowest BCUT2D eigenvalue weighted by atomic mass is 10.1. The van der Waals surface area contributed by atoms with Gasteiger partial charge in [0.1, 0.15) is 26.1 Å². The van der Waals surface area contributed by atoms with Crippen molar-refractivity contribution < 1.29 is 83.8 Å². The first-order chi connectivity index (χ1) is 33.2. The standard InChI is InChI=1S/C34H31ClN12O19S6/c35-31-41-33(43-34(42-31)40-26-14-23(36)30(71(58,59)60)15-27(26)47-44-16-1-4-19(5-2-16)67-66-65-7-8-72(61,62,63)64)38-17-3-6-24(25(10-17)39-32(37)48)46-45-18-9-21-22(28(11-18)69(52,53)54)12-20(68(49,50)51)13-29(21)70(55,56)57/h1-6,9-15H,7-8,36H2,(H3,37,39,48)(H,49,50,51)(H,52,53,54)(H,55,56,57)(H,58,59,60)(H3,61,62,63,64)(H2,38,40,41,42,43). The number of urea groups is 1. The Morgan fingerprint density at radius 3 is 1.85 bits per heavy atom. The number of nitrogens with one attached hydrogen (secondary N) is 3. The molecular weight excluding hydrogens is 1110 g/mol. The number of nitrogens with two attached hydrogens (primary N) is 2. The van der Waals surface area contributed by atoms with E-state index in [0.717, 1.165) is 18.2 Å². The van der Waals surface area contributed by atoms with E-state index >= 15 is 0 Å². The van der Waals surface area contributed by atoms with Gasteiger partial charge in [-0.15, -0.1) is 10.2 Å². The van der Waals surface area contributed by atoms with Gasteiger partial charge in [0.2, 0.25) is 17.2 Å². The van der Waals surface area contributed by atoms with Crippen LogP contribution in [0.25, 0.3) is 10.8 Å². The zero-order valence-electron chi connectivity index (χ0n) is 35.1. The highest BCUT2D eigenvalue weighted by atomic mass is 35.5. The van der Waals surface area contributed by atoms with Crippen LogP contribution in [0.15, 0.2) is 124 Å². The van der Waals surface area contributed by atoms with Crippen molar-refractivity contribution in [2.24, 2.45) is 26.2 Å². The van der Waals surface area contributed by atoms with E-state index in [1.165, 1.54) is 42.5 Å². The van der Waals surface area contributed by atoms with Gasteiger partial charge in [0, 0.05) is 21.4 Å². The first-order valence-corrected chi connectivity index (χ1v) is 27.5. The quantitative estimate of drug-likeness (QED) is 0.00810. The fraction of sp³-hybridized carbons (Fsp3) is 0.0588. The highest BCUT2D eigenvalue weighted by Gasteiger charge is 2.27. The van der Waals surface area contributed by atoms with Crippen LogP contribution < -0.4 is 27.4 Å². The van der Waals surface area contributed by atoms with Crippen LogP contribution in [0.4, 0.5) is 62.2 Å². The molecule has 0 radical (unpaired) electrons. The Bertz CT molecular complexity index is 3760. The third kappa shape index (κ3) is 15.0. The van der Waals surface area contributed by atoms with Gasteiger partial charge < -0.3 is 27.4 Å². The van der Waals surface area contributed by atoms with Crippen LogP contribution in [0.2, 0.25) is 5.28 Å². The molecule has 0 fully saturated rings. The molecule has 6 aromatic rings. The second-order valence-electron chi connectivity index (χ2n) is 14.0. The molecule has 38 heteroatoms. The number of hydrogen-bond acceptors (Lipinski definition) is 23. The number of rotatable bonds is 19. The number of primary amides is 1. The van der Waals surface area contributed by atoms with Crippen LogP contribution in [-0.4, -0.2) is 103 Å². The van der Waals surface area contributed by atoms with Crippen molar-refractivity contribution in [2.45, 2.75) is 24.5 Å². The molecule has 0 bridgehead atoms. The highest BCUT2D eigenvalue weighted by Crippen LogP contribution is 2.39. The summed E-state index contributed by atoms with van der Waals surface area (Å²) in [5, 5.41) is 21.8. The van der Waals surface area contributed by atoms with Crippen LogP contribution in [0, 0.1) is 0 Å². The summed E-state index contributed by atoms with van der Waals surface area (Å²) in [5.74, 6) is -1.64. The van der Waals surface area contributed by atoms with E-state index in [-0.39, 0.29) is 46.0 Å². The molecule has 0 atom stereocenters.